The second-order valence-corrected chi connectivity index (χ2v) is 6.41. The van der Waals surface area contributed by atoms with E-state index in [1.54, 1.807) is 11.0 Å². The van der Waals surface area contributed by atoms with Gasteiger partial charge >= 0.3 is 0 Å². The standard InChI is InChI=1S/C18H25N5O/c1-4-22(16-9-10-16)11-18(24)21(3)14(2)15-5-7-17(8-6-15)23-13-19-12-20-23/h5-8,12-14,16H,4,9-11H2,1-3H3/t14-/m0/s1. The molecule has 1 aliphatic carbocycles. The zero-order valence-electron chi connectivity index (χ0n) is 14.6. The minimum absolute atomic E-state index is 0.0419. The number of carbonyl (C=O) groups excluding carboxylic acids is 1. The highest BCUT2D eigenvalue weighted by molar-refractivity contribution is 5.78. The second kappa shape index (κ2) is 7.13. The molecule has 0 radical (unpaired) electrons. The molecule has 6 nitrogen and oxygen atoms in total. The summed E-state index contributed by atoms with van der Waals surface area (Å²) >= 11 is 0. The number of aromatic nitrogens is 3. The summed E-state index contributed by atoms with van der Waals surface area (Å²) in [6.45, 7) is 5.64. The topological polar surface area (TPSA) is 54.3 Å². The van der Waals surface area contributed by atoms with Crippen LogP contribution < -0.4 is 0 Å². The molecule has 6 heteroatoms. The van der Waals surface area contributed by atoms with Crippen LogP contribution in [0.4, 0.5) is 0 Å². The van der Waals surface area contributed by atoms with Crippen molar-refractivity contribution in [3.8, 4) is 5.69 Å². The third kappa shape index (κ3) is 3.64. The summed E-state index contributed by atoms with van der Waals surface area (Å²) in [5.41, 5.74) is 2.08. The van der Waals surface area contributed by atoms with Crippen molar-refractivity contribution >= 4 is 5.91 Å². The van der Waals surface area contributed by atoms with Gasteiger partial charge in [0, 0.05) is 13.1 Å². The summed E-state index contributed by atoms with van der Waals surface area (Å²) in [7, 11) is 1.89. The van der Waals surface area contributed by atoms with Crippen LogP contribution in [-0.4, -0.2) is 56.7 Å². The van der Waals surface area contributed by atoms with Gasteiger partial charge < -0.3 is 4.90 Å². The Kier molecular flexibility index (Phi) is 4.94. The van der Waals surface area contributed by atoms with Gasteiger partial charge in [0.15, 0.2) is 0 Å². The van der Waals surface area contributed by atoms with Crippen molar-refractivity contribution in [2.45, 2.75) is 38.8 Å². The van der Waals surface area contributed by atoms with E-state index >= 15 is 0 Å². The summed E-state index contributed by atoms with van der Waals surface area (Å²) in [6.07, 6.45) is 5.64. The van der Waals surface area contributed by atoms with Gasteiger partial charge in [-0.15, -0.1) is 0 Å². The predicted octanol–water partition coefficient (Wildman–Crippen LogP) is 2.27. The number of rotatable bonds is 7. The van der Waals surface area contributed by atoms with Crippen LogP contribution in [0.25, 0.3) is 5.69 Å². The average Bonchev–Trinajstić information content (AvgIpc) is 3.31. The number of carbonyl (C=O) groups is 1. The lowest BCUT2D eigenvalue weighted by atomic mass is 10.1. The van der Waals surface area contributed by atoms with Crippen LogP contribution in [0.5, 0.6) is 0 Å². The van der Waals surface area contributed by atoms with Crippen molar-refractivity contribution < 1.29 is 4.79 Å². The van der Waals surface area contributed by atoms with Crippen molar-refractivity contribution in [3.05, 3.63) is 42.5 Å². The molecule has 1 aromatic heterocycles. The fourth-order valence-corrected chi connectivity index (χ4v) is 2.91. The Labute approximate surface area is 143 Å². The lowest BCUT2D eigenvalue weighted by molar-refractivity contribution is -0.133. The van der Waals surface area contributed by atoms with Crippen LogP contribution in [0, 0.1) is 0 Å². The summed E-state index contributed by atoms with van der Waals surface area (Å²) in [5, 5.41) is 4.12. The number of hydrogen-bond acceptors (Lipinski definition) is 4. The van der Waals surface area contributed by atoms with E-state index in [9.17, 15) is 4.79 Å². The zero-order valence-corrected chi connectivity index (χ0v) is 14.6. The molecule has 1 atom stereocenters. The first kappa shape index (κ1) is 16.6. The van der Waals surface area contributed by atoms with Crippen molar-refractivity contribution in [1.82, 2.24) is 24.6 Å². The molecule has 1 amide bonds. The van der Waals surface area contributed by atoms with E-state index in [1.165, 1.54) is 19.2 Å². The maximum absolute atomic E-state index is 12.6. The maximum atomic E-state index is 12.6. The minimum atomic E-state index is 0.0419. The van der Waals surface area contributed by atoms with Crippen molar-refractivity contribution in [3.63, 3.8) is 0 Å². The zero-order chi connectivity index (χ0) is 17.1. The Balaban J connectivity index is 1.64. The quantitative estimate of drug-likeness (QED) is 0.783. The van der Waals surface area contributed by atoms with Gasteiger partial charge in [-0.3, -0.25) is 9.69 Å². The lowest BCUT2D eigenvalue weighted by Crippen LogP contribution is -2.40. The molecule has 0 bridgehead atoms. The van der Waals surface area contributed by atoms with Gasteiger partial charge in [0.2, 0.25) is 5.91 Å². The number of nitrogens with zero attached hydrogens (tertiary/aromatic N) is 5. The molecule has 0 saturated heterocycles. The van der Waals surface area contributed by atoms with Crippen LogP contribution in [0.2, 0.25) is 0 Å². The molecule has 1 saturated carbocycles. The van der Waals surface area contributed by atoms with Gasteiger partial charge in [-0.05, 0) is 44.0 Å². The molecule has 0 aliphatic heterocycles. The second-order valence-electron chi connectivity index (χ2n) is 6.41. The Morgan fingerprint density at radius 3 is 2.58 bits per heavy atom. The van der Waals surface area contributed by atoms with Gasteiger partial charge in [-0.1, -0.05) is 19.1 Å². The summed E-state index contributed by atoms with van der Waals surface area (Å²) in [5.74, 6) is 0.177. The molecule has 1 fully saturated rings. The fraction of sp³-hybridized carbons (Fsp3) is 0.500. The van der Waals surface area contributed by atoms with Crippen LogP contribution >= 0.6 is 0 Å². The molecular weight excluding hydrogens is 302 g/mol. The minimum Gasteiger partial charge on any atom is -0.338 e. The van der Waals surface area contributed by atoms with E-state index < -0.39 is 0 Å². The van der Waals surface area contributed by atoms with Gasteiger partial charge in [-0.25, -0.2) is 9.67 Å². The number of likely N-dealkylation sites (N-methyl/N-ethyl adjacent to an activating group) is 2. The van der Waals surface area contributed by atoms with Gasteiger partial charge in [0.05, 0.1) is 18.3 Å². The first-order chi connectivity index (χ1) is 11.6. The predicted molar refractivity (Wildman–Crippen MR) is 92.8 cm³/mol. The van der Waals surface area contributed by atoms with E-state index in [1.807, 2.05) is 36.2 Å². The summed E-state index contributed by atoms with van der Waals surface area (Å²) < 4.78 is 1.72. The van der Waals surface area contributed by atoms with E-state index in [2.05, 4.69) is 28.8 Å². The molecule has 1 aromatic carbocycles. The van der Waals surface area contributed by atoms with Crippen LogP contribution in [0.3, 0.4) is 0 Å². The summed E-state index contributed by atoms with van der Waals surface area (Å²) in [6, 6.07) is 8.75. The molecule has 3 rings (SSSR count). The highest BCUT2D eigenvalue weighted by Gasteiger charge is 2.30. The van der Waals surface area contributed by atoms with Crippen molar-refractivity contribution in [1.29, 1.82) is 0 Å². The Bertz CT molecular complexity index is 663. The van der Waals surface area contributed by atoms with Gasteiger partial charge in [-0.2, -0.15) is 5.10 Å². The SMILES string of the molecule is CCN(CC(=O)N(C)[C@@H](C)c1ccc(-n2cncn2)cc1)C1CC1. The third-order valence-corrected chi connectivity index (χ3v) is 4.84. The van der Waals surface area contributed by atoms with Crippen molar-refractivity contribution in [2.24, 2.45) is 0 Å². The molecule has 1 heterocycles. The molecule has 0 N–H and O–H groups in total. The third-order valence-electron chi connectivity index (χ3n) is 4.84. The Morgan fingerprint density at radius 2 is 2.04 bits per heavy atom. The van der Waals surface area contributed by atoms with E-state index in [-0.39, 0.29) is 11.9 Å². The lowest BCUT2D eigenvalue weighted by Gasteiger charge is -2.28. The highest BCUT2D eigenvalue weighted by atomic mass is 16.2. The normalized spacial score (nSPS) is 15.5. The van der Waals surface area contributed by atoms with Gasteiger partial charge in [0.1, 0.15) is 12.7 Å². The number of benzene rings is 1. The average molecular weight is 327 g/mol. The molecule has 1 aliphatic rings. The molecule has 2 aromatic rings. The highest BCUT2D eigenvalue weighted by Crippen LogP contribution is 2.27. The Hall–Kier alpha value is -2.21. The fourth-order valence-electron chi connectivity index (χ4n) is 2.91. The number of amides is 1. The first-order valence-corrected chi connectivity index (χ1v) is 8.54. The summed E-state index contributed by atoms with van der Waals surface area (Å²) in [4.78, 5) is 20.7. The van der Waals surface area contributed by atoms with E-state index in [4.69, 9.17) is 0 Å². The van der Waals surface area contributed by atoms with Crippen LogP contribution in [-0.2, 0) is 4.79 Å². The van der Waals surface area contributed by atoms with Crippen LogP contribution in [0.1, 0.15) is 38.3 Å². The smallest absolute Gasteiger partial charge is 0.237 e. The largest absolute Gasteiger partial charge is 0.338 e. The van der Waals surface area contributed by atoms with Crippen LogP contribution in [0.15, 0.2) is 36.9 Å². The molecule has 0 unspecified atom stereocenters. The van der Waals surface area contributed by atoms with Gasteiger partial charge in [0.25, 0.3) is 0 Å². The van der Waals surface area contributed by atoms with Crippen molar-refractivity contribution in [2.75, 3.05) is 20.1 Å². The maximum Gasteiger partial charge on any atom is 0.237 e. The van der Waals surface area contributed by atoms with E-state index in [0.29, 0.717) is 12.6 Å². The number of hydrogen-bond donors (Lipinski definition) is 0. The monoisotopic (exact) mass is 327 g/mol. The van der Waals surface area contributed by atoms with E-state index in [0.717, 1.165) is 17.8 Å². The Morgan fingerprint density at radius 1 is 1.33 bits per heavy atom. The molecule has 128 valence electrons. The molecule has 0 spiro atoms. The first-order valence-electron chi connectivity index (χ1n) is 8.54. The molecule has 24 heavy (non-hydrogen) atoms. The molecular formula is C18H25N5O.